The van der Waals surface area contributed by atoms with Gasteiger partial charge in [-0.15, -0.1) is 0 Å². The summed E-state index contributed by atoms with van der Waals surface area (Å²) in [4.78, 5) is 14.0. The van der Waals surface area contributed by atoms with Crippen molar-refractivity contribution in [2.75, 3.05) is 32.7 Å². The summed E-state index contributed by atoms with van der Waals surface area (Å²) < 4.78 is 0. The third kappa shape index (κ3) is 5.36. The molecule has 1 rings (SSSR count). The van der Waals surface area contributed by atoms with E-state index in [0.717, 1.165) is 32.5 Å². The Hall–Kier alpha value is -0.610. The molecule has 0 radical (unpaired) electrons. The van der Waals surface area contributed by atoms with Gasteiger partial charge in [-0.25, -0.2) is 0 Å². The Kier molecular flexibility index (Phi) is 5.17. The summed E-state index contributed by atoms with van der Waals surface area (Å²) in [6, 6.07) is 0. The fourth-order valence-electron chi connectivity index (χ4n) is 2.26. The average Bonchev–Trinajstić information content (AvgIpc) is 2.59. The van der Waals surface area contributed by atoms with Gasteiger partial charge in [0.05, 0.1) is 6.54 Å². The lowest BCUT2D eigenvalue weighted by molar-refractivity contribution is -0.122. The second kappa shape index (κ2) is 6.02. The summed E-state index contributed by atoms with van der Waals surface area (Å²) in [6.45, 7) is 12.7. The van der Waals surface area contributed by atoms with E-state index in [9.17, 15) is 4.79 Å². The van der Waals surface area contributed by atoms with E-state index in [4.69, 9.17) is 5.73 Å². The largest absolute Gasteiger partial charge is 0.355 e. The first-order valence-corrected chi connectivity index (χ1v) is 6.93. The van der Waals surface area contributed by atoms with Crippen molar-refractivity contribution >= 4 is 5.91 Å². The standard InChI is InChI=1S/C14H29N3O/c1-13(2,3)5-7-16-12(18)9-17-8-6-14(4,10-15)11-17/h5-11,15H2,1-4H3,(H,16,18). The number of nitrogens with zero attached hydrogens (tertiary/aromatic N) is 1. The number of likely N-dealkylation sites (tertiary alicyclic amines) is 1. The predicted octanol–water partition coefficient (Wildman–Crippen LogP) is 1.21. The highest BCUT2D eigenvalue weighted by atomic mass is 16.2. The van der Waals surface area contributed by atoms with Crippen LogP contribution < -0.4 is 11.1 Å². The molecule has 0 aromatic rings. The van der Waals surface area contributed by atoms with Gasteiger partial charge in [0.15, 0.2) is 0 Å². The molecule has 4 nitrogen and oxygen atoms in total. The molecule has 1 heterocycles. The predicted molar refractivity (Wildman–Crippen MR) is 75.3 cm³/mol. The van der Waals surface area contributed by atoms with E-state index in [1.807, 2.05) is 0 Å². The molecular formula is C14H29N3O. The Balaban J connectivity index is 2.22. The van der Waals surface area contributed by atoms with E-state index in [-0.39, 0.29) is 16.7 Å². The summed E-state index contributed by atoms with van der Waals surface area (Å²) in [5.74, 6) is 0.139. The van der Waals surface area contributed by atoms with Gasteiger partial charge in [0, 0.05) is 13.1 Å². The van der Waals surface area contributed by atoms with Gasteiger partial charge < -0.3 is 11.1 Å². The van der Waals surface area contributed by atoms with E-state index < -0.39 is 0 Å². The first kappa shape index (κ1) is 15.4. The molecule has 106 valence electrons. The zero-order valence-electron chi connectivity index (χ0n) is 12.4. The third-order valence-electron chi connectivity index (χ3n) is 3.69. The second-order valence-electron chi connectivity index (χ2n) is 7.14. The van der Waals surface area contributed by atoms with Crippen molar-refractivity contribution < 1.29 is 4.79 Å². The van der Waals surface area contributed by atoms with Crippen molar-refractivity contribution in [3.8, 4) is 0 Å². The molecule has 0 bridgehead atoms. The molecule has 0 spiro atoms. The van der Waals surface area contributed by atoms with Crippen molar-refractivity contribution in [3.05, 3.63) is 0 Å². The molecule has 1 saturated heterocycles. The molecule has 0 aromatic heterocycles. The Bertz CT molecular complexity index is 285. The fraction of sp³-hybridized carbons (Fsp3) is 0.929. The van der Waals surface area contributed by atoms with Gasteiger partial charge in [-0.05, 0) is 36.8 Å². The minimum Gasteiger partial charge on any atom is -0.355 e. The van der Waals surface area contributed by atoms with E-state index >= 15 is 0 Å². The van der Waals surface area contributed by atoms with Crippen LogP contribution in [0.4, 0.5) is 0 Å². The normalized spacial score (nSPS) is 25.4. The molecule has 1 aliphatic heterocycles. The van der Waals surface area contributed by atoms with Gasteiger partial charge in [0.2, 0.25) is 5.91 Å². The molecule has 4 heteroatoms. The molecule has 0 aromatic carbocycles. The monoisotopic (exact) mass is 255 g/mol. The lowest BCUT2D eigenvalue weighted by atomic mass is 9.90. The van der Waals surface area contributed by atoms with Gasteiger partial charge in [0.25, 0.3) is 0 Å². The van der Waals surface area contributed by atoms with E-state index in [0.29, 0.717) is 13.1 Å². The van der Waals surface area contributed by atoms with Gasteiger partial charge in [0.1, 0.15) is 0 Å². The van der Waals surface area contributed by atoms with Gasteiger partial charge in [-0.2, -0.15) is 0 Å². The summed E-state index contributed by atoms with van der Waals surface area (Å²) in [6.07, 6.45) is 2.11. The van der Waals surface area contributed by atoms with E-state index in [1.165, 1.54) is 0 Å². The topological polar surface area (TPSA) is 58.4 Å². The molecule has 3 N–H and O–H groups in total. The van der Waals surface area contributed by atoms with Gasteiger partial charge >= 0.3 is 0 Å². The maximum Gasteiger partial charge on any atom is 0.234 e. The Morgan fingerprint density at radius 3 is 2.61 bits per heavy atom. The first-order valence-electron chi connectivity index (χ1n) is 6.93. The zero-order chi connectivity index (χ0) is 13.8. The highest BCUT2D eigenvalue weighted by Crippen LogP contribution is 2.27. The van der Waals surface area contributed by atoms with E-state index in [2.05, 4.69) is 37.9 Å². The lowest BCUT2D eigenvalue weighted by Gasteiger charge is -2.22. The summed E-state index contributed by atoms with van der Waals surface area (Å²) >= 11 is 0. The van der Waals surface area contributed by atoms with Gasteiger partial charge in [-0.1, -0.05) is 27.7 Å². The van der Waals surface area contributed by atoms with Crippen molar-refractivity contribution in [2.45, 2.75) is 40.5 Å². The number of nitrogens with one attached hydrogen (secondary N) is 1. The summed E-state index contributed by atoms with van der Waals surface area (Å²) in [5, 5.41) is 3.00. The van der Waals surface area contributed by atoms with Gasteiger partial charge in [-0.3, -0.25) is 9.69 Å². The first-order chi connectivity index (χ1) is 8.24. The van der Waals surface area contributed by atoms with Crippen LogP contribution in [0.15, 0.2) is 0 Å². The van der Waals surface area contributed by atoms with Crippen LogP contribution in [0.5, 0.6) is 0 Å². The summed E-state index contributed by atoms with van der Waals surface area (Å²) in [5.41, 5.74) is 6.24. The number of nitrogens with two attached hydrogens (primary N) is 1. The van der Waals surface area contributed by atoms with Crippen LogP contribution >= 0.6 is 0 Å². The molecule has 1 fully saturated rings. The number of hydrogen-bond donors (Lipinski definition) is 2. The van der Waals surface area contributed by atoms with Crippen molar-refractivity contribution in [1.82, 2.24) is 10.2 Å². The lowest BCUT2D eigenvalue weighted by Crippen LogP contribution is -2.39. The second-order valence-corrected chi connectivity index (χ2v) is 7.14. The van der Waals surface area contributed by atoms with Crippen molar-refractivity contribution in [2.24, 2.45) is 16.6 Å². The molecule has 0 saturated carbocycles. The number of carbonyl (C=O) groups is 1. The van der Waals surface area contributed by atoms with Crippen LogP contribution in [0.2, 0.25) is 0 Å². The molecular weight excluding hydrogens is 226 g/mol. The van der Waals surface area contributed by atoms with Crippen LogP contribution in [0, 0.1) is 10.8 Å². The Labute approximate surface area is 111 Å². The van der Waals surface area contributed by atoms with Crippen LogP contribution in [-0.4, -0.2) is 43.5 Å². The molecule has 1 unspecified atom stereocenters. The Morgan fingerprint density at radius 2 is 2.11 bits per heavy atom. The molecule has 1 aliphatic rings. The fourth-order valence-corrected chi connectivity index (χ4v) is 2.26. The smallest absolute Gasteiger partial charge is 0.234 e. The number of amides is 1. The van der Waals surface area contributed by atoms with Crippen LogP contribution in [0.25, 0.3) is 0 Å². The Morgan fingerprint density at radius 1 is 1.44 bits per heavy atom. The highest BCUT2D eigenvalue weighted by Gasteiger charge is 2.32. The van der Waals surface area contributed by atoms with Crippen LogP contribution in [0.1, 0.15) is 40.5 Å². The minimum atomic E-state index is 0.139. The van der Waals surface area contributed by atoms with Crippen molar-refractivity contribution in [1.29, 1.82) is 0 Å². The SMILES string of the molecule is CC(C)(C)CCNC(=O)CN1CCC(C)(CN)C1. The quantitative estimate of drug-likeness (QED) is 0.776. The highest BCUT2D eigenvalue weighted by molar-refractivity contribution is 5.78. The molecule has 18 heavy (non-hydrogen) atoms. The number of rotatable bonds is 5. The molecule has 0 aliphatic carbocycles. The average molecular weight is 255 g/mol. The van der Waals surface area contributed by atoms with Crippen LogP contribution in [-0.2, 0) is 4.79 Å². The zero-order valence-corrected chi connectivity index (χ0v) is 12.4. The summed E-state index contributed by atoms with van der Waals surface area (Å²) in [7, 11) is 0. The number of hydrogen-bond acceptors (Lipinski definition) is 3. The molecule has 1 atom stereocenters. The van der Waals surface area contributed by atoms with E-state index in [1.54, 1.807) is 0 Å². The minimum absolute atomic E-state index is 0.139. The third-order valence-corrected chi connectivity index (χ3v) is 3.69. The van der Waals surface area contributed by atoms with Crippen LogP contribution in [0.3, 0.4) is 0 Å². The maximum atomic E-state index is 11.8. The van der Waals surface area contributed by atoms with Crippen molar-refractivity contribution in [3.63, 3.8) is 0 Å². The number of carbonyl (C=O) groups excluding carboxylic acids is 1. The molecule has 1 amide bonds. The maximum absolute atomic E-state index is 11.8.